The smallest absolute Gasteiger partial charge is 0.206 e. The summed E-state index contributed by atoms with van der Waals surface area (Å²) in [6.07, 6.45) is 1.41. The van der Waals surface area contributed by atoms with Gasteiger partial charge in [0.15, 0.2) is 0 Å². The summed E-state index contributed by atoms with van der Waals surface area (Å²) in [5.74, 6) is -0.246. The number of hydrazone groups is 1. The van der Waals surface area contributed by atoms with Gasteiger partial charge in [-0.2, -0.15) is 5.10 Å². The molecule has 0 atom stereocenters. The third kappa shape index (κ3) is 4.51. The fourth-order valence-electron chi connectivity index (χ4n) is 0.800. The average molecular weight is 312 g/mol. The third-order valence-corrected chi connectivity index (χ3v) is 2.04. The molecule has 0 unspecified atom stereocenters. The van der Waals surface area contributed by atoms with Crippen molar-refractivity contribution in [1.82, 2.24) is 5.43 Å². The van der Waals surface area contributed by atoms with Crippen molar-refractivity contribution in [2.75, 3.05) is 0 Å². The second-order valence-corrected chi connectivity index (χ2v) is 3.23. The maximum Gasteiger partial charge on any atom is 0.206 e. The van der Waals surface area contributed by atoms with Gasteiger partial charge in [-0.15, -0.1) is 17.0 Å². The van der Waals surface area contributed by atoms with Gasteiger partial charge in [0.25, 0.3) is 0 Å². The molecular weight excluding hydrogens is 303 g/mol. The van der Waals surface area contributed by atoms with Gasteiger partial charge in [-0.05, 0) is 12.1 Å². The van der Waals surface area contributed by atoms with Crippen LogP contribution in [-0.2, 0) is 0 Å². The van der Waals surface area contributed by atoms with Crippen molar-refractivity contribution in [2.45, 2.75) is 0 Å². The molecule has 0 bridgehead atoms. The Kier molecular flexibility index (Phi) is 6.31. The Labute approximate surface area is 108 Å². The molecule has 4 nitrogen and oxygen atoms in total. The average Bonchev–Trinajstić information content (AvgIpc) is 2.09. The first-order chi connectivity index (χ1) is 6.61. The summed E-state index contributed by atoms with van der Waals surface area (Å²) < 4.78 is 0. The molecule has 0 saturated carbocycles. The Morgan fingerprint density at radius 1 is 1.40 bits per heavy atom. The molecule has 0 fully saturated rings. The first-order valence-corrected chi connectivity index (χ1v) is 4.44. The summed E-state index contributed by atoms with van der Waals surface area (Å²) in [4.78, 5) is 0. The van der Waals surface area contributed by atoms with Gasteiger partial charge in [0.05, 0.1) is 16.3 Å². The molecule has 82 valence electrons. The second-order valence-electron chi connectivity index (χ2n) is 2.42. The number of benzene rings is 1. The highest BCUT2D eigenvalue weighted by molar-refractivity contribution is 8.93. The van der Waals surface area contributed by atoms with E-state index in [-0.39, 0.29) is 22.9 Å². The Bertz CT molecular complexity index is 361. The van der Waals surface area contributed by atoms with Crippen molar-refractivity contribution >= 4 is 52.4 Å². The lowest BCUT2D eigenvalue weighted by Gasteiger charge is -2.00. The summed E-state index contributed by atoms with van der Waals surface area (Å²) >= 11 is 11.7. The normalized spacial score (nSPS) is 9.73. The van der Waals surface area contributed by atoms with E-state index >= 15 is 0 Å². The van der Waals surface area contributed by atoms with Crippen LogP contribution in [0.25, 0.3) is 0 Å². The van der Waals surface area contributed by atoms with E-state index in [9.17, 15) is 0 Å². The Balaban J connectivity index is 0.00000196. The molecule has 0 aliphatic heterocycles. The van der Waals surface area contributed by atoms with Crippen molar-refractivity contribution < 1.29 is 0 Å². The van der Waals surface area contributed by atoms with Crippen LogP contribution < -0.4 is 11.2 Å². The minimum Gasteiger partial charge on any atom is -0.369 e. The molecule has 0 heterocycles. The maximum atomic E-state index is 6.85. The predicted molar refractivity (Wildman–Crippen MR) is 69.4 cm³/mol. The van der Waals surface area contributed by atoms with Crippen molar-refractivity contribution in [2.24, 2.45) is 10.8 Å². The van der Waals surface area contributed by atoms with Crippen LogP contribution in [0, 0.1) is 5.41 Å². The minimum absolute atomic E-state index is 0. The largest absolute Gasteiger partial charge is 0.369 e. The van der Waals surface area contributed by atoms with Crippen molar-refractivity contribution in [3.8, 4) is 0 Å². The monoisotopic (exact) mass is 310 g/mol. The Morgan fingerprint density at radius 3 is 2.40 bits per heavy atom. The van der Waals surface area contributed by atoms with Gasteiger partial charge in [0, 0.05) is 5.56 Å². The molecule has 0 aliphatic carbocycles. The molecular formula is C8H9BrCl2N4. The molecule has 0 aliphatic rings. The predicted octanol–water partition coefficient (Wildman–Crippen LogP) is 2.39. The number of guanidine groups is 1. The fourth-order valence-corrected chi connectivity index (χ4v) is 1.30. The van der Waals surface area contributed by atoms with E-state index in [2.05, 4.69) is 10.5 Å². The third-order valence-electron chi connectivity index (χ3n) is 1.38. The summed E-state index contributed by atoms with van der Waals surface area (Å²) in [7, 11) is 0. The van der Waals surface area contributed by atoms with E-state index in [4.69, 9.17) is 34.3 Å². The SMILES string of the molecule is Br.N=C(N)NN=Cc1c(Cl)cccc1Cl. The molecule has 1 aromatic carbocycles. The Morgan fingerprint density at radius 2 is 1.93 bits per heavy atom. The van der Waals surface area contributed by atoms with Gasteiger partial charge in [0.1, 0.15) is 0 Å². The van der Waals surface area contributed by atoms with Gasteiger partial charge in [0.2, 0.25) is 5.96 Å². The molecule has 1 aromatic rings. The molecule has 7 heteroatoms. The summed E-state index contributed by atoms with van der Waals surface area (Å²) in [6.45, 7) is 0. The van der Waals surface area contributed by atoms with Gasteiger partial charge in [-0.1, -0.05) is 29.3 Å². The fraction of sp³-hybridized carbons (Fsp3) is 0. The van der Waals surface area contributed by atoms with Gasteiger partial charge >= 0.3 is 0 Å². The summed E-state index contributed by atoms with van der Waals surface area (Å²) in [5, 5.41) is 11.5. The highest BCUT2D eigenvalue weighted by atomic mass is 79.9. The molecule has 0 amide bonds. The number of hydrogen-bond donors (Lipinski definition) is 3. The lowest BCUT2D eigenvalue weighted by Crippen LogP contribution is -2.25. The first kappa shape index (κ1) is 14.2. The number of nitrogens with two attached hydrogens (primary N) is 1. The van der Waals surface area contributed by atoms with Gasteiger partial charge < -0.3 is 5.73 Å². The lowest BCUT2D eigenvalue weighted by atomic mass is 10.2. The zero-order chi connectivity index (χ0) is 10.6. The van der Waals surface area contributed by atoms with E-state index < -0.39 is 0 Å². The Hall–Kier alpha value is -0.780. The van der Waals surface area contributed by atoms with Crippen LogP contribution in [0.4, 0.5) is 0 Å². The number of nitrogens with zero attached hydrogens (tertiary/aromatic N) is 1. The molecule has 0 spiro atoms. The molecule has 0 radical (unpaired) electrons. The molecule has 1 rings (SSSR count). The number of hydrogen-bond acceptors (Lipinski definition) is 2. The summed E-state index contributed by atoms with van der Waals surface area (Å²) in [6, 6.07) is 5.13. The van der Waals surface area contributed by atoms with Crippen LogP contribution >= 0.6 is 40.2 Å². The maximum absolute atomic E-state index is 6.85. The molecule has 0 aromatic heterocycles. The van der Waals surface area contributed by atoms with E-state index in [1.807, 2.05) is 0 Å². The van der Waals surface area contributed by atoms with Crippen LogP contribution in [0.2, 0.25) is 10.0 Å². The van der Waals surface area contributed by atoms with Crippen molar-refractivity contribution in [3.63, 3.8) is 0 Å². The van der Waals surface area contributed by atoms with E-state index in [0.29, 0.717) is 15.6 Å². The minimum atomic E-state index is -0.246. The van der Waals surface area contributed by atoms with Crippen molar-refractivity contribution in [1.29, 1.82) is 5.41 Å². The van der Waals surface area contributed by atoms with Crippen LogP contribution in [0.5, 0.6) is 0 Å². The molecule has 4 N–H and O–H groups in total. The van der Waals surface area contributed by atoms with Gasteiger partial charge in [-0.3, -0.25) is 5.41 Å². The van der Waals surface area contributed by atoms with Gasteiger partial charge in [-0.25, -0.2) is 5.43 Å². The summed E-state index contributed by atoms with van der Waals surface area (Å²) in [5.41, 5.74) is 7.87. The first-order valence-electron chi connectivity index (χ1n) is 3.68. The van der Waals surface area contributed by atoms with E-state index in [0.717, 1.165) is 0 Å². The topological polar surface area (TPSA) is 74.3 Å². The van der Waals surface area contributed by atoms with Crippen LogP contribution in [0.3, 0.4) is 0 Å². The number of halogens is 3. The van der Waals surface area contributed by atoms with E-state index in [1.54, 1.807) is 18.2 Å². The molecule has 15 heavy (non-hydrogen) atoms. The quantitative estimate of drug-likeness (QED) is 0.446. The van der Waals surface area contributed by atoms with Crippen LogP contribution in [0.15, 0.2) is 23.3 Å². The van der Waals surface area contributed by atoms with Crippen LogP contribution in [0.1, 0.15) is 5.56 Å². The second kappa shape index (κ2) is 6.66. The number of nitrogens with one attached hydrogen (secondary N) is 2. The zero-order valence-electron chi connectivity index (χ0n) is 7.50. The van der Waals surface area contributed by atoms with Crippen molar-refractivity contribution in [3.05, 3.63) is 33.8 Å². The molecule has 0 saturated heterocycles. The lowest BCUT2D eigenvalue weighted by molar-refractivity contribution is 1.00. The number of rotatable bonds is 2. The highest BCUT2D eigenvalue weighted by Gasteiger charge is 2.01. The van der Waals surface area contributed by atoms with Crippen LogP contribution in [-0.4, -0.2) is 12.2 Å². The standard InChI is InChI=1S/C8H8Cl2N4.BrH/c9-6-2-1-3-7(10)5(6)4-13-14-8(11)12;/h1-4H,(H4,11,12,14);1H. The zero-order valence-corrected chi connectivity index (χ0v) is 10.7. The van der Waals surface area contributed by atoms with E-state index in [1.165, 1.54) is 6.21 Å². The highest BCUT2D eigenvalue weighted by Crippen LogP contribution is 2.21.